The average molecular weight is 516 g/mol. The number of piperazine rings is 1. The molecule has 1 aromatic carbocycles. The summed E-state index contributed by atoms with van der Waals surface area (Å²) in [5, 5.41) is 13.4. The third-order valence-electron chi connectivity index (χ3n) is 5.96. The molecule has 36 heavy (non-hydrogen) atoms. The van der Waals surface area contributed by atoms with Gasteiger partial charge in [0.15, 0.2) is 0 Å². The van der Waals surface area contributed by atoms with Crippen LogP contribution in [0.5, 0.6) is 0 Å². The number of carbonyl (C=O) groups excluding carboxylic acids is 2. The van der Waals surface area contributed by atoms with Crippen LogP contribution >= 0.6 is 11.3 Å². The monoisotopic (exact) mass is 515 g/mol. The molecule has 3 heterocycles. The van der Waals surface area contributed by atoms with E-state index in [-0.39, 0.29) is 27.5 Å². The minimum Gasteiger partial charge on any atom is -0.386 e. The Morgan fingerprint density at radius 2 is 1.92 bits per heavy atom. The second-order valence-electron chi connectivity index (χ2n) is 9.26. The highest BCUT2D eigenvalue weighted by atomic mass is 32.1. The molecule has 0 unspecified atom stereocenters. The molecule has 2 aromatic heterocycles. The van der Waals surface area contributed by atoms with Crippen LogP contribution in [-0.4, -0.2) is 58.4 Å². The van der Waals surface area contributed by atoms with E-state index >= 15 is 0 Å². The largest absolute Gasteiger partial charge is 0.386 e. The SMILES string of the molecule is CN1CCN(Cc2cccc(Nc3sc(-c4c(F)cc(C(C)(C)O)cc4F)cc3C(N)=O)n2)CC1=O. The number of aromatic nitrogens is 1. The van der Waals surface area contributed by atoms with Crippen LogP contribution in [0.2, 0.25) is 0 Å². The van der Waals surface area contributed by atoms with Crippen molar-refractivity contribution >= 4 is 34.0 Å². The van der Waals surface area contributed by atoms with E-state index in [1.165, 1.54) is 19.9 Å². The summed E-state index contributed by atoms with van der Waals surface area (Å²) in [5.41, 5.74) is 4.68. The maximum atomic E-state index is 14.9. The summed E-state index contributed by atoms with van der Waals surface area (Å²) in [4.78, 5) is 32.5. The van der Waals surface area contributed by atoms with Crippen LogP contribution in [0.3, 0.4) is 0 Å². The van der Waals surface area contributed by atoms with Crippen molar-refractivity contribution in [2.75, 3.05) is 32.0 Å². The van der Waals surface area contributed by atoms with Crippen molar-refractivity contribution < 1.29 is 23.5 Å². The fourth-order valence-electron chi connectivity index (χ4n) is 3.88. The number of amides is 2. The molecule has 190 valence electrons. The van der Waals surface area contributed by atoms with E-state index in [0.717, 1.165) is 30.0 Å². The highest BCUT2D eigenvalue weighted by molar-refractivity contribution is 7.20. The van der Waals surface area contributed by atoms with Crippen molar-refractivity contribution in [3.05, 3.63) is 64.9 Å². The number of thiophene rings is 1. The van der Waals surface area contributed by atoms with E-state index in [2.05, 4.69) is 10.3 Å². The molecule has 1 saturated heterocycles. The van der Waals surface area contributed by atoms with Crippen molar-refractivity contribution in [1.29, 1.82) is 0 Å². The van der Waals surface area contributed by atoms with Crippen LogP contribution in [0.1, 0.15) is 35.5 Å². The van der Waals surface area contributed by atoms with Gasteiger partial charge in [0.25, 0.3) is 5.91 Å². The third-order valence-corrected chi connectivity index (χ3v) is 7.03. The molecule has 0 spiro atoms. The van der Waals surface area contributed by atoms with Crippen LogP contribution < -0.4 is 11.1 Å². The number of hydrogen-bond acceptors (Lipinski definition) is 7. The van der Waals surface area contributed by atoms with Crippen LogP contribution in [0.25, 0.3) is 10.4 Å². The molecule has 1 aliphatic heterocycles. The fraction of sp³-hybridized carbons (Fsp3) is 0.320. The molecule has 1 aliphatic rings. The zero-order valence-corrected chi connectivity index (χ0v) is 21.0. The normalized spacial score (nSPS) is 14.8. The molecule has 11 heteroatoms. The number of carbonyl (C=O) groups is 2. The Hall–Kier alpha value is -3.41. The number of pyridine rings is 1. The molecule has 3 aromatic rings. The first-order valence-electron chi connectivity index (χ1n) is 11.3. The van der Waals surface area contributed by atoms with Crippen LogP contribution in [-0.2, 0) is 16.9 Å². The summed E-state index contributed by atoms with van der Waals surface area (Å²) < 4.78 is 29.8. The Bertz CT molecular complexity index is 1300. The van der Waals surface area contributed by atoms with Gasteiger partial charge in [-0.25, -0.2) is 13.8 Å². The molecule has 2 amide bonds. The molecular weight excluding hydrogens is 488 g/mol. The number of rotatable bonds is 7. The van der Waals surface area contributed by atoms with Gasteiger partial charge in [0.05, 0.1) is 29.0 Å². The number of likely N-dealkylation sites (N-methyl/N-ethyl adjacent to an activating group) is 1. The highest BCUT2D eigenvalue weighted by Gasteiger charge is 2.25. The first kappa shape index (κ1) is 25.7. The molecule has 0 radical (unpaired) electrons. The second kappa shape index (κ2) is 9.92. The lowest BCUT2D eigenvalue weighted by molar-refractivity contribution is -0.134. The summed E-state index contributed by atoms with van der Waals surface area (Å²) in [7, 11) is 1.77. The number of anilines is 2. The molecule has 1 fully saturated rings. The maximum Gasteiger partial charge on any atom is 0.251 e. The summed E-state index contributed by atoms with van der Waals surface area (Å²) in [6.07, 6.45) is 0. The van der Waals surface area contributed by atoms with Gasteiger partial charge in [-0.1, -0.05) is 6.07 Å². The van der Waals surface area contributed by atoms with Crippen molar-refractivity contribution in [3.63, 3.8) is 0 Å². The molecule has 4 N–H and O–H groups in total. The van der Waals surface area contributed by atoms with Crippen LogP contribution in [0, 0.1) is 11.6 Å². The van der Waals surface area contributed by atoms with Gasteiger partial charge in [-0.3, -0.25) is 14.5 Å². The number of hydrogen-bond donors (Lipinski definition) is 3. The van der Waals surface area contributed by atoms with E-state index in [1.807, 2.05) is 11.0 Å². The molecule has 0 saturated carbocycles. The zero-order chi connectivity index (χ0) is 26.2. The fourth-order valence-corrected chi connectivity index (χ4v) is 5.00. The van der Waals surface area contributed by atoms with Gasteiger partial charge in [-0.15, -0.1) is 11.3 Å². The lowest BCUT2D eigenvalue weighted by Gasteiger charge is -2.31. The summed E-state index contributed by atoms with van der Waals surface area (Å²) in [6.45, 7) is 5.01. The first-order valence-corrected chi connectivity index (χ1v) is 12.1. The quantitative estimate of drug-likeness (QED) is 0.445. The molecule has 8 nitrogen and oxygen atoms in total. The molecular formula is C25H27F2N5O3S. The Kier molecular flexibility index (Phi) is 7.07. The lowest BCUT2D eigenvalue weighted by atomic mass is 9.96. The summed E-state index contributed by atoms with van der Waals surface area (Å²) >= 11 is 0.964. The van der Waals surface area contributed by atoms with Gasteiger partial charge in [0.1, 0.15) is 22.5 Å². The number of nitrogens with zero attached hydrogens (tertiary/aromatic N) is 3. The number of primary amides is 1. The predicted octanol–water partition coefficient (Wildman–Crippen LogP) is 3.43. The Labute approximate surface area is 211 Å². The second-order valence-corrected chi connectivity index (χ2v) is 10.3. The van der Waals surface area contributed by atoms with Gasteiger partial charge in [-0.05, 0) is 49.7 Å². The molecule has 4 rings (SSSR count). The van der Waals surface area contributed by atoms with E-state index in [1.54, 1.807) is 24.1 Å². The Morgan fingerprint density at radius 3 is 2.53 bits per heavy atom. The topological polar surface area (TPSA) is 112 Å². The van der Waals surface area contributed by atoms with Gasteiger partial charge in [0.2, 0.25) is 5.91 Å². The van der Waals surface area contributed by atoms with Crippen LogP contribution in [0.4, 0.5) is 19.6 Å². The first-order chi connectivity index (χ1) is 16.9. The standard InChI is InChI=1S/C25H27F2N5O3S/c1-25(2,35)14-9-17(26)22(18(27)10-14)19-11-16(23(28)34)24(36-19)30-20-6-4-5-15(29-20)12-32-8-7-31(3)21(33)13-32/h4-6,9-11,35H,7-8,12-13H2,1-3H3,(H2,28,34)(H,29,30). The van der Waals surface area contributed by atoms with Crippen molar-refractivity contribution in [2.45, 2.75) is 26.0 Å². The number of nitrogens with two attached hydrogens (primary N) is 1. The van der Waals surface area contributed by atoms with Crippen LogP contribution in [0.15, 0.2) is 36.4 Å². The van der Waals surface area contributed by atoms with E-state index < -0.39 is 23.1 Å². The van der Waals surface area contributed by atoms with E-state index in [9.17, 15) is 23.5 Å². The van der Waals surface area contributed by atoms with Gasteiger partial charge in [-0.2, -0.15) is 0 Å². The molecule has 0 atom stereocenters. The number of benzene rings is 1. The maximum absolute atomic E-state index is 14.9. The predicted molar refractivity (Wildman–Crippen MR) is 134 cm³/mol. The lowest BCUT2D eigenvalue weighted by Crippen LogP contribution is -2.48. The number of halogens is 2. The molecule has 0 bridgehead atoms. The smallest absolute Gasteiger partial charge is 0.251 e. The van der Waals surface area contributed by atoms with E-state index in [0.29, 0.717) is 36.1 Å². The van der Waals surface area contributed by atoms with E-state index in [4.69, 9.17) is 5.73 Å². The number of nitrogens with one attached hydrogen (secondary N) is 1. The Balaban J connectivity index is 1.60. The minimum absolute atomic E-state index is 0.0443. The highest BCUT2D eigenvalue weighted by Crippen LogP contribution is 2.40. The summed E-state index contributed by atoms with van der Waals surface area (Å²) in [6, 6.07) is 8.79. The van der Waals surface area contributed by atoms with Gasteiger partial charge < -0.3 is 21.1 Å². The molecule has 0 aliphatic carbocycles. The summed E-state index contributed by atoms with van der Waals surface area (Å²) in [5.74, 6) is -2.03. The van der Waals surface area contributed by atoms with Crippen molar-refractivity contribution in [3.8, 4) is 10.4 Å². The van der Waals surface area contributed by atoms with Crippen molar-refractivity contribution in [2.24, 2.45) is 5.73 Å². The average Bonchev–Trinajstić information content (AvgIpc) is 3.19. The van der Waals surface area contributed by atoms with Gasteiger partial charge in [0, 0.05) is 31.6 Å². The van der Waals surface area contributed by atoms with Gasteiger partial charge >= 0.3 is 0 Å². The van der Waals surface area contributed by atoms with Crippen molar-refractivity contribution in [1.82, 2.24) is 14.8 Å². The minimum atomic E-state index is -1.42. The Morgan fingerprint density at radius 1 is 1.22 bits per heavy atom. The number of aliphatic hydroxyl groups is 1. The zero-order valence-electron chi connectivity index (χ0n) is 20.1. The third kappa shape index (κ3) is 5.53.